The van der Waals surface area contributed by atoms with E-state index in [0.29, 0.717) is 18.0 Å². The molecule has 2 heterocycles. The zero-order valence-electron chi connectivity index (χ0n) is 16.1. The van der Waals surface area contributed by atoms with E-state index >= 15 is 0 Å². The second-order valence-electron chi connectivity index (χ2n) is 7.60. The van der Waals surface area contributed by atoms with Crippen molar-refractivity contribution in [2.75, 3.05) is 23.3 Å². The number of carbonyl (C=O) groups is 1. The summed E-state index contributed by atoms with van der Waals surface area (Å²) < 4.78 is 14.8. The molecule has 1 N–H and O–H groups in total. The molecule has 0 radical (unpaired) electrons. The largest absolute Gasteiger partial charge is 0.347 e. The second kappa shape index (κ2) is 7.87. The van der Waals surface area contributed by atoms with E-state index in [9.17, 15) is 9.18 Å². The summed E-state index contributed by atoms with van der Waals surface area (Å²) in [5.74, 6) is -0.00971. The molecule has 0 aliphatic carbocycles. The van der Waals surface area contributed by atoms with Gasteiger partial charge in [0, 0.05) is 18.8 Å². The third-order valence-corrected chi connectivity index (χ3v) is 6.34. The number of thiazole rings is 1. The van der Waals surface area contributed by atoms with Crippen LogP contribution in [0.5, 0.6) is 0 Å². The Balaban J connectivity index is 1.50. The molecule has 1 unspecified atom stereocenters. The van der Waals surface area contributed by atoms with E-state index < -0.39 is 0 Å². The van der Waals surface area contributed by atoms with Crippen molar-refractivity contribution in [3.63, 3.8) is 0 Å². The Labute approximate surface area is 168 Å². The van der Waals surface area contributed by atoms with Gasteiger partial charge < -0.3 is 10.2 Å². The Hall–Kier alpha value is -2.47. The number of amides is 1. The molecule has 6 heteroatoms. The summed E-state index contributed by atoms with van der Waals surface area (Å²) in [7, 11) is 0. The van der Waals surface area contributed by atoms with E-state index in [1.165, 1.54) is 17.4 Å². The summed E-state index contributed by atoms with van der Waals surface area (Å²) in [6, 6.07) is 13.0. The predicted molar refractivity (Wildman–Crippen MR) is 114 cm³/mol. The molecule has 0 bridgehead atoms. The van der Waals surface area contributed by atoms with Crippen molar-refractivity contribution in [1.29, 1.82) is 0 Å². The average molecular weight is 398 g/mol. The number of nitrogens with zero attached hydrogens (tertiary/aromatic N) is 2. The number of carbonyl (C=O) groups excluding carboxylic acids is 1. The lowest BCUT2D eigenvalue weighted by molar-refractivity contribution is -0.120. The molecule has 1 aliphatic rings. The molecule has 1 atom stereocenters. The molecular weight excluding hydrogens is 373 g/mol. The Bertz CT molecular complexity index is 1000. The molecule has 146 valence electrons. The van der Waals surface area contributed by atoms with E-state index in [4.69, 9.17) is 0 Å². The highest BCUT2D eigenvalue weighted by Gasteiger charge is 2.28. The summed E-state index contributed by atoms with van der Waals surface area (Å²) in [5, 5.41) is 3.92. The molecule has 1 amide bonds. The number of piperidine rings is 1. The summed E-state index contributed by atoms with van der Waals surface area (Å²) in [4.78, 5) is 19.5. The van der Waals surface area contributed by atoms with Crippen LogP contribution in [0.2, 0.25) is 0 Å². The summed E-state index contributed by atoms with van der Waals surface area (Å²) >= 11 is 1.49. The first-order valence-electron chi connectivity index (χ1n) is 9.72. The van der Waals surface area contributed by atoms with E-state index in [1.807, 2.05) is 24.3 Å². The van der Waals surface area contributed by atoms with E-state index in [2.05, 4.69) is 35.1 Å². The Kier molecular flexibility index (Phi) is 5.31. The first-order chi connectivity index (χ1) is 13.5. The highest BCUT2D eigenvalue weighted by molar-refractivity contribution is 7.22. The van der Waals surface area contributed by atoms with Crippen LogP contribution in [0.3, 0.4) is 0 Å². The SMILES string of the molecule is CC(C)c1ccccc1NC(=O)C1CCCN(c2nc3c(F)cccc3s2)C1. The summed E-state index contributed by atoms with van der Waals surface area (Å²) in [6.07, 6.45) is 1.77. The van der Waals surface area contributed by atoms with Gasteiger partial charge in [-0.25, -0.2) is 9.37 Å². The van der Waals surface area contributed by atoms with Crippen LogP contribution in [0.25, 0.3) is 10.2 Å². The molecule has 2 aromatic carbocycles. The minimum atomic E-state index is -0.295. The second-order valence-corrected chi connectivity index (χ2v) is 8.61. The number of anilines is 2. The minimum absolute atomic E-state index is 0.0464. The van der Waals surface area contributed by atoms with Crippen LogP contribution in [-0.4, -0.2) is 24.0 Å². The number of aromatic nitrogens is 1. The van der Waals surface area contributed by atoms with Gasteiger partial charge >= 0.3 is 0 Å². The van der Waals surface area contributed by atoms with Crippen LogP contribution < -0.4 is 10.2 Å². The molecule has 3 aromatic rings. The smallest absolute Gasteiger partial charge is 0.229 e. The van der Waals surface area contributed by atoms with Gasteiger partial charge in [0.1, 0.15) is 11.3 Å². The van der Waals surface area contributed by atoms with Gasteiger partial charge in [0.15, 0.2) is 5.13 Å². The summed E-state index contributed by atoms with van der Waals surface area (Å²) in [6.45, 7) is 5.70. The maximum absolute atomic E-state index is 14.0. The van der Waals surface area contributed by atoms with Gasteiger partial charge in [-0.05, 0) is 42.5 Å². The predicted octanol–water partition coefficient (Wildman–Crippen LogP) is 5.41. The van der Waals surface area contributed by atoms with Gasteiger partial charge in [-0.3, -0.25) is 4.79 Å². The fourth-order valence-electron chi connectivity index (χ4n) is 3.75. The zero-order chi connectivity index (χ0) is 19.7. The fraction of sp³-hybridized carbons (Fsp3) is 0.364. The van der Waals surface area contributed by atoms with Crippen molar-refractivity contribution in [2.45, 2.75) is 32.6 Å². The van der Waals surface area contributed by atoms with Crippen LogP contribution in [0, 0.1) is 11.7 Å². The topological polar surface area (TPSA) is 45.2 Å². The van der Waals surface area contributed by atoms with Gasteiger partial charge in [0.2, 0.25) is 5.91 Å². The van der Waals surface area contributed by atoms with Gasteiger partial charge in [0.25, 0.3) is 0 Å². The van der Waals surface area contributed by atoms with Crippen molar-refractivity contribution in [2.24, 2.45) is 5.92 Å². The normalized spacial score (nSPS) is 17.3. The minimum Gasteiger partial charge on any atom is -0.347 e. The van der Waals surface area contributed by atoms with E-state index in [1.54, 1.807) is 6.07 Å². The third kappa shape index (κ3) is 3.74. The van der Waals surface area contributed by atoms with Gasteiger partial charge in [-0.15, -0.1) is 0 Å². The molecule has 4 nitrogen and oxygen atoms in total. The van der Waals surface area contributed by atoms with Crippen LogP contribution >= 0.6 is 11.3 Å². The third-order valence-electron chi connectivity index (χ3n) is 5.26. The van der Waals surface area contributed by atoms with Gasteiger partial charge in [0.05, 0.1) is 10.6 Å². The molecule has 4 rings (SSSR count). The first-order valence-corrected chi connectivity index (χ1v) is 10.5. The average Bonchev–Trinajstić information content (AvgIpc) is 3.14. The van der Waals surface area contributed by atoms with Crippen molar-refractivity contribution >= 4 is 38.3 Å². The zero-order valence-corrected chi connectivity index (χ0v) is 16.9. The van der Waals surface area contributed by atoms with Crippen molar-refractivity contribution in [1.82, 2.24) is 4.98 Å². The number of halogens is 1. The van der Waals surface area contributed by atoms with Gasteiger partial charge in [-0.1, -0.05) is 49.4 Å². The van der Waals surface area contributed by atoms with Gasteiger partial charge in [-0.2, -0.15) is 0 Å². The monoisotopic (exact) mass is 397 g/mol. The van der Waals surface area contributed by atoms with Crippen LogP contribution in [0.15, 0.2) is 42.5 Å². The number of para-hydroxylation sites is 2. The van der Waals surface area contributed by atoms with Crippen molar-refractivity contribution in [3.05, 3.63) is 53.8 Å². The lowest BCUT2D eigenvalue weighted by Crippen LogP contribution is -2.40. The first kappa shape index (κ1) is 18.9. The quantitative estimate of drug-likeness (QED) is 0.640. The number of hydrogen-bond acceptors (Lipinski definition) is 4. The number of nitrogens with one attached hydrogen (secondary N) is 1. The molecule has 0 saturated carbocycles. The van der Waals surface area contributed by atoms with E-state index in [-0.39, 0.29) is 17.6 Å². The van der Waals surface area contributed by atoms with E-state index in [0.717, 1.165) is 40.5 Å². The molecule has 1 fully saturated rings. The highest BCUT2D eigenvalue weighted by Crippen LogP contribution is 2.33. The Morgan fingerprint density at radius 3 is 2.86 bits per heavy atom. The fourth-order valence-corrected chi connectivity index (χ4v) is 4.77. The lowest BCUT2D eigenvalue weighted by atomic mass is 9.96. The van der Waals surface area contributed by atoms with Crippen LogP contribution in [0.4, 0.5) is 15.2 Å². The molecule has 28 heavy (non-hydrogen) atoms. The Morgan fingerprint density at radius 2 is 2.07 bits per heavy atom. The number of benzene rings is 2. The highest BCUT2D eigenvalue weighted by atomic mass is 32.1. The number of fused-ring (bicyclic) bond motifs is 1. The molecule has 1 aromatic heterocycles. The van der Waals surface area contributed by atoms with Crippen molar-refractivity contribution < 1.29 is 9.18 Å². The Morgan fingerprint density at radius 1 is 1.25 bits per heavy atom. The standard InChI is InChI=1S/C22H24FN3OS/c1-14(2)16-8-3-4-10-18(16)24-21(27)15-7-6-12-26(13-15)22-25-20-17(23)9-5-11-19(20)28-22/h3-5,8-11,14-15H,6-7,12-13H2,1-2H3,(H,24,27). The molecule has 1 saturated heterocycles. The lowest BCUT2D eigenvalue weighted by Gasteiger charge is -2.32. The summed E-state index contributed by atoms with van der Waals surface area (Å²) in [5.41, 5.74) is 2.45. The maximum atomic E-state index is 14.0. The molecule has 0 spiro atoms. The number of hydrogen-bond donors (Lipinski definition) is 1. The molecular formula is C22H24FN3OS. The van der Waals surface area contributed by atoms with Crippen LogP contribution in [-0.2, 0) is 4.79 Å². The maximum Gasteiger partial charge on any atom is 0.229 e. The van der Waals surface area contributed by atoms with Crippen LogP contribution in [0.1, 0.15) is 38.2 Å². The molecule has 1 aliphatic heterocycles. The number of rotatable bonds is 4. The van der Waals surface area contributed by atoms with Crippen molar-refractivity contribution in [3.8, 4) is 0 Å².